The summed E-state index contributed by atoms with van der Waals surface area (Å²) in [5, 5.41) is 1.53. The minimum Gasteiger partial charge on any atom is -0.295 e. The average Bonchev–Trinajstić information content (AvgIpc) is 2.84. The predicted octanol–water partition coefficient (Wildman–Crippen LogP) is 3.11. The number of hydrogen-bond donors (Lipinski definition) is 0. The Bertz CT molecular complexity index is 463. The van der Waals surface area contributed by atoms with Crippen molar-refractivity contribution in [2.45, 2.75) is 18.3 Å². The number of benzene rings is 1. The smallest absolute Gasteiger partial charge is 0.108 e. The van der Waals surface area contributed by atoms with Crippen LogP contribution in [0.25, 0.3) is 10.2 Å². The summed E-state index contributed by atoms with van der Waals surface area (Å²) in [6.45, 7) is 3.05. The molecule has 1 aromatic heterocycles. The molecule has 0 amide bonds. The zero-order chi connectivity index (χ0) is 11.0. The van der Waals surface area contributed by atoms with Crippen molar-refractivity contribution < 1.29 is 0 Å². The molecule has 16 heavy (non-hydrogen) atoms. The van der Waals surface area contributed by atoms with E-state index in [0.717, 1.165) is 31.6 Å². The highest BCUT2D eigenvalue weighted by atomic mass is 35.5. The number of fused-ring (bicyclic) bond motifs is 1. The molecule has 84 valence electrons. The summed E-state index contributed by atoms with van der Waals surface area (Å²) < 4.78 is 1.28. The summed E-state index contributed by atoms with van der Waals surface area (Å²) >= 11 is 7.88. The van der Waals surface area contributed by atoms with Crippen molar-refractivity contribution in [3.63, 3.8) is 0 Å². The second-order valence-electron chi connectivity index (χ2n) is 4.20. The van der Waals surface area contributed by atoms with E-state index in [-0.39, 0.29) is 0 Å². The lowest BCUT2D eigenvalue weighted by atomic mass is 10.3. The second-order valence-corrected chi connectivity index (χ2v) is 5.93. The maximum Gasteiger partial charge on any atom is 0.108 e. The molecule has 1 unspecified atom stereocenters. The van der Waals surface area contributed by atoms with Crippen LogP contribution in [0.3, 0.4) is 0 Å². The number of rotatable bonds is 2. The molecule has 0 aliphatic carbocycles. The molecule has 0 radical (unpaired) electrons. The number of nitrogens with zero attached hydrogens (tertiary/aromatic N) is 2. The van der Waals surface area contributed by atoms with Crippen LogP contribution in [0.1, 0.15) is 11.4 Å². The van der Waals surface area contributed by atoms with E-state index in [1.165, 1.54) is 9.71 Å². The third-order valence-electron chi connectivity index (χ3n) is 2.91. The lowest BCUT2D eigenvalue weighted by molar-refractivity contribution is 0.331. The van der Waals surface area contributed by atoms with E-state index in [1.807, 2.05) is 6.07 Å². The zero-order valence-electron chi connectivity index (χ0n) is 8.90. The fourth-order valence-corrected chi connectivity index (χ4v) is 3.41. The topological polar surface area (TPSA) is 16.1 Å². The predicted molar refractivity (Wildman–Crippen MR) is 69.2 cm³/mol. The van der Waals surface area contributed by atoms with Gasteiger partial charge in [-0.1, -0.05) is 12.1 Å². The molecule has 1 aliphatic rings. The van der Waals surface area contributed by atoms with Gasteiger partial charge >= 0.3 is 0 Å². The van der Waals surface area contributed by atoms with Gasteiger partial charge in [0.25, 0.3) is 0 Å². The molecule has 2 heterocycles. The standard InChI is InChI=1S/C12H13ClN2S/c13-9-5-6-15(7-9)8-12-14-10-3-1-2-4-11(10)16-12/h1-4,9H,5-8H2. The molecular weight excluding hydrogens is 240 g/mol. The van der Waals surface area contributed by atoms with Crippen LogP contribution in [0.2, 0.25) is 0 Å². The summed E-state index contributed by atoms with van der Waals surface area (Å²) in [7, 11) is 0. The highest BCUT2D eigenvalue weighted by molar-refractivity contribution is 7.18. The maximum atomic E-state index is 6.09. The highest BCUT2D eigenvalue weighted by Crippen LogP contribution is 2.24. The van der Waals surface area contributed by atoms with Gasteiger partial charge in [-0.25, -0.2) is 4.98 Å². The summed E-state index contributed by atoms with van der Waals surface area (Å²) in [6, 6.07) is 8.31. The Balaban J connectivity index is 1.79. The van der Waals surface area contributed by atoms with Crippen LogP contribution in [-0.4, -0.2) is 28.4 Å². The lowest BCUT2D eigenvalue weighted by Crippen LogP contribution is -2.19. The number of thiazole rings is 1. The number of para-hydroxylation sites is 1. The Hall–Kier alpha value is -0.640. The van der Waals surface area contributed by atoms with Crippen molar-refractivity contribution >= 4 is 33.2 Å². The molecule has 0 spiro atoms. The van der Waals surface area contributed by atoms with Crippen molar-refractivity contribution in [1.29, 1.82) is 0 Å². The van der Waals surface area contributed by atoms with Gasteiger partial charge in [0.05, 0.1) is 16.8 Å². The Morgan fingerprint density at radius 1 is 1.44 bits per heavy atom. The first-order chi connectivity index (χ1) is 7.81. The van der Waals surface area contributed by atoms with Crippen LogP contribution >= 0.6 is 22.9 Å². The van der Waals surface area contributed by atoms with E-state index >= 15 is 0 Å². The van der Waals surface area contributed by atoms with Crippen LogP contribution in [0.15, 0.2) is 24.3 Å². The van der Waals surface area contributed by atoms with Gasteiger partial charge in [0.15, 0.2) is 0 Å². The number of aromatic nitrogens is 1. The molecule has 0 saturated carbocycles. The summed E-state index contributed by atoms with van der Waals surface area (Å²) in [6.07, 6.45) is 1.10. The number of halogens is 1. The first-order valence-corrected chi connectivity index (χ1v) is 6.77. The molecular formula is C12H13ClN2S. The van der Waals surface area contributed by atoms with Crippen LogP contribution < -0.4 is 0 Å². The van der Waals surface area contributed by atoms with Gasteiger partial charge in [-0.05, 0) is 18.6 Å². The van der Waals surface area contributed by atoms with Gasteiger partial charge in [-0.15, -0.1) is 22.9 Å². The molecule has 1 atom stereocenters. The first-order valence-electron chi connectivity index (χ1n) is 5.52. The Morgan fingerprint density at radius 3 is 3.06 bits per heavy atom. The van der Waals surface area contributed by atoms with E-state index in [4.69, 9.17) is 11.6 Å². The molecule has 1 saturated heterocycles. The largest absolute Gasteiger partial charge is 0.295 e. The Labute approximate surface area is 104 Å². The summed E-state index contributed by atoms with van der Waals surface area (Å²) in [5.41, 5.74) is 1.11. The molecule has 3 rings (SSSR count). The number of hydrogen-bond acceptors (Lipinski definition) is 3. The lowest BCUT2D eigenvalue weighted by Gasteiger charge is -2.11. The minimum atomic E-state index is 0.328. The van der Waals surface area contributed by atoms with E-state index in [0.29, 0.717) is 5.38 Å². The average molecular weight is 253 g/mol. The van der Waals surface area contributed by atoms with Crippen molar-refractivity contribution in [2.75, 3.05) is 13.1 Å². The Kier molecular flexibility index (Phi) is 2.84. The molecule has 0 bridgehead atoms. The molecule has 1 aromatic carbocycles. The third kappa shape index (κ3) is 2.08. The van der Waals surface area contributed by atoms with Crippen molar-refractivity contribution in [3.8, 4) is 0 Å². The molecule has 4 heteroatoms. The van der Waals surface area contributed by atoms with Gasteiger partial charge in [0.1, 0.15) is 5.01 Å². The van der Waals surface area contributed by atoms with Crippen LogP contribution in [0.5, 0.6) is 0 Å². The van der Waals surface area contributed by atoms with E-state index in [9.17, 15) is 0 Å². The first kappa shape index (κ1) is 10.5. The normalized spacial score (nSPS) is 21.9. The monoisotopic (exact) mass is 252 g/mol. The van der Waals surface area contributed by atoms with Gasteiger partial charge in [0, 0.05) is 18.5 Å². The third-order valence-corrected chi connectivity index (χ3v) is 4.29. The van der Waals surface area contributed by atoms with Crippen molar-refractivity contribution in [3.05, 3.63) is 29.3 Å². The highest BCUT2D eigenvalue weighted by Gasteiger charge is 2.21. The van der Waals surface area contributed by atoms with Crippen LogP contribution in [0.4, 0.5) is 0 Å². The fraction of sp³-hybridized carbons (Fsp3) is 0.417. The fourth-order valence-electron chi connectivity index (χ4n) is 2.11. The molecule has 1 fully saturated rings. The Morgan fingerprint density at radius 2 is 2.31 bits per heavy atom. The van der Waals surface area contributed by atoms with E-state index in [2.05, 4.69) is 28.1 Å². The van der Waals surface area contributed by atoms with Gasteiger partial charge in [0.2, 0.25) is 0 Å². The quantitative estimate of drug-likeness (QED) is 0.764. The second kappa shape index (κ2) is 4.32. The van der Waals surface area contributed by atoms with Crippen LogP contribution in [-0.2, 0) is 6.54 Å². The SMILES string of the molecule is ClC1CCN(Cc2nc3ccccc3s2)C1. The summed E-state index contributed by atoms with van der Waals surface area (Å²) in [4.78, 5) is 7.02. The number of alkyl halides is 1. The molecule has 1 aliphatic heterocycles. The van der Waals surface area contributed by atoms with E-state index < -0.39 is 0 Å². The van der Waals surface area contributed by atoms with Crippen LogP contribution in [0, 0.1) is 0 Å². The van der Waals surface area contributed by atoms with Gasteiger partial charge in [-0.3, -0.25) is 4.90 Å². The number of likely N-dealkylation sites (tertiary alicyclic amines) is 1. The minimum absolute atomic E-state index is 0.328. The van der Waals surface area contributed by atoms with E-state index in [1.54, 1.807) is 11.3 Å². The zero-order valence-corrected chi connectivity index (χ0v) is 10.5. The maximum absolute atomic E-state index is 6.09. The molecule has 0 N–H and O–H groups in total. The summed E-state index contributed by atoms with van der Waals surface area (Å²) in [5.74, 6) is 0. The molecule has 2 nitrogen and oxygen atoms in total. The van der Waals surface area contributed by atoms with Gasteiger partial charge in [-0.2, -0.15) is 0 Å². The van der Waals surface area contributed by atoms with Crippen molar-refractivity contribution in [1.82, 2.24) is 9.88 Å². The molecule has 2 aromatic rings. The van der Waals surface area contributed by atoms with Gasteiger partial charge < -0.3 is 0 Å². The van der Waals surface area contributed by atoms with Crippen molar-refractivity contribution in [2.24, 2.45) is 0 Å².